The average molecular weight is 279 g/mol. The monoisotopic (exact) mass is 279 g/mol. The van der Waals surface area contributed by atoms with E-state index in [0.29, 0.717) is 17.0 Å². The first-order valence-electron chi connectivity index (χ1n) is 6.86. The first-order valence-corrected chi connectivity index (χ1v) is 6.86. The maximum Gasteiger partial charge on any atom is 0.338 e. The van der Waals surface area contributed by atoms with Gasteiger partial charge in [0.1, 0.15) is 6.61 Å². The van der Waals surface area contributed by atoms with Crippen molar-refractivity contribution in [3.63, 3.8) is 0 Å². The third-order valence-corrected chi connectivity index (χ3v) is 3.24. The van der Waals surface area contributed by atoms with Crippen molar-refractivity contribution in [2.75, 3.05) is 0 Å². The topological polar surface area (TPSA) is 50.1 Å². The summed E-state index contributed by atoms with van der Waals surface area (Å²) in [6, 6.07) is 16.5. The Balaban J connectivity index is 1.99. The number of ether oxygens (including phenoxy) is 1. The van der Waals surface area contributed by atoms with Gasteiger partial charge in [-0.1, -0.05) is 44.2 Å². The smallest absolute Gasteiger partial charge is 0.338 e. The van der Waals surface area contributed by atoms with Crippen molar-refractivity contribution in [3.8, 4) is 6.07 Å². The number of benzene rings is 2. The van der Waals surface area contributed by atoms with Gasteiger partial charge in [-0.05, 0) is 35.2 Å². The lowest BCUT2D eigenvalue weighted by Gasteiger charge is -2.08. The molecule has 0 N–H and O–H groups in total. The van der Waals surface area contributed by atoms with Crippen molar-refractivity contribution in [1.29, 1.82) is 5.26 Å². The van der Waals surface area contributed by atoms with Crippen LogP contribution < -0.4 is 0 Å². The first-order chi connectivity index (χ1) is 10.1. The van der Waals surface area contributed by atoms with E-state index in [-0.39, 0.29) is 6.61 Å². The van der Waals surface area contributed by atoms with E-state index in [2.05, 4.69) is 13.8 Å². The molecule has 0 aromatic heterocycles. The maximum absolute atomic E-state index is 11.9. The van der Waals surface area contributed by atoms with Crippen LogP contribution >= 0.6 is 0 Å². The van der Waals surface area contributed by atoms with Crippen molar-refractivity contribution in [2.45, 2.75) is 26.4 Å². The fourth-order valence-electron chi connectivity index (χ4n) is 1.95. The van der Waals surface area contributed by atoms with Gasteiger partial charge in [0.15, 0.2) is 0 Å². The molecule has 0 aliphatic rings. The van der Waals surface area contributed by atoms with Crippen LogP contribution in [-0.4, -0.2) is 5.97 Å². The number of nitriles is 1. The molecule has 0 fully saturated rings. The Morgan fingerprint density at radius 3 is 2.52 bits per heavy atom. The van der Waals surface area contributed by atoms with E-state index in [1.807, 2.05) is 30.3 Å². The van der Waals surface area contributed by atoms with E-state index in [9.17, 15) is 4.79 Å². The van der Waals surface area contributed by atoms with Crippen LogP contribution in [0.2, 0.25) is 0 Å². The predicted octanol–water partition coefficient (Wildman–Crippen LogP) is 4.04. The van der Waals surface area contributed by atoms with Crippen LogP contribution in [0.5, 0.6) is 0 Å². The van der Waals surface area contributed by atoms with Crippen molar-refractivity contribution >= 4 is 5.97 Å². The fourth-order valence-corrected chi connectivity index (χ4v) is 1.95. The predicted molar refractivity (Wildman–Crippen MR) is 80.8 cm³/mol. The molecule has 0 aliphatic heterocycles. The molecule has 2 aromatic carbocycles. The molecule has 0 bridgehead atoms. The van der Waals surface area contributed by atoms with Gasteiger partial charge in [-0.2, -0.15) is 5.26 Å². The molecule has 0 spiro atoms. The van der Waals surface area contributed by atoms with Crippen molar-refractivity contribution < 1.29 is 9.53 Å². The zero-order chi connectivity index (χ0) is 15.2. The lowest BCUT2D eigenvalue weighted by atomic mass is 10.0. The molecule has 0 aliphatic carbocycles. The molecule has 0 saturated heterocycles. The van der Waals surface area contributed by atoms with Gasteiger partial charge in [-0.3, -0.25) is 0 Å². The van der Waals surface area contributed by atoms with Crippen molar-refractivity contribution in [2.24, 2.45) is 0 Å². The van der Waals surface area contributed by atoms with Crippen molar-refractivity contribution in [1.82, 2.24) is 0 Å². The van der Waals surface area contributed by atoms with Crippen LogP contribution in [0.15, 0.2) is 48.5 Å². The molecule has 0 radical (unpaired) electrons. The summed E-state index contributed by atoms with van der Waals surface area (Å²) in [7, 11) is 0. The summed E-state index contributed by atoms with van der Waals surface area (Å²) in [5.41, 5.74) is 3.05. The largest absolute Gasteiger partial charge is 0.457 e. The minimum Gasteiger partial charge on any atom is -0.457 e. The fraction of sp³-hybridized carbons (Fsp3) is 0.222. The summed E-state index contributed by atoms with van der Waals surface area (Å²) in [6.45, 7) is 4.50. The molecular formula is C18H17NO2. The van der Waals surface area contributed by atoms with E-state index >= 15 is 0 Å². The summed E-state index contributed by atoms with van der Waals surface area (Å²) in [6.07, 6.45) is 0. The molecule has 3 nitrogen and oxygen atoms in total. The van der Waals surface area contributed by atoms with Crippen LogP contribution in [0.4, 0.5) is 0 Å². The highest BCUT2D eigenvalue weighted by Crippen LogP contribution is 2.15. The molecule has 0 unspecified atom stereocenters. The molecule has 0 heterocycles. The quantitative estimate of drug-likeness (QED) is 0.794. The highest BCUT2D eigenvalue weighted by Gasteiger charge is 2.08. The molecule has 2 aromatic rings. The highest BCUT2D eigenvalue weighted by atomic mass is 16.5. The first kappa shape index (κ1) is 14.8. The Morgan fingerprint density at radius 2 is 1.90 bits per heavy atom. The minimum absolute atomic E-state index is 0.230. The molecule has 21 heavy (non-hydrogen) atoms. The second-order valence-electron chi connectivity index (χ2n) is 5.17. The Kier molecular flexibility index (Phi) is 4.73. The van der Waals surface area contributed by atoms with Gasteiger partial charge in [0, 0.05) is 0 Å². The molecule has 0 amide bonds. The second kappa shape index (κ2) is 6.71. The van der Waals surface area contributed by atoms with Crippen LogP contribution in [0.1, 0.15) is 46.8 Å². The van der Waals surface area contributed by atoms with Crippen LogP contribution in [-0.2, 0) is 11.3 Å². The molecule has 2 rings (SSSR count). The minimum atomic E-state index is -0.417. The third-order valence-electron chi connectivity index (χ3n) is 3.24. The van der Waals surface area contributed by atoms with Gasteiger partial charge >= 0.3 is 5.97 Å². The number of hydrogen-bond donors (Lipinski definition) is 0. The van der Waals surface area contributed by atoms with Gasteiger partial charge in [0.05, 0.1) is 17.2 Å². The lowest BCUT2D eigenvalue weighted by molar-refractivity contribution is 0.0472. The standard InChI is InChI=1S/C18H17NO2/c1-13(2)16-8-6-14(7-9-16)12-21-18(20)17-5-3-4-15(10-17)11-19/h3-10,13H,12H2,1-2H3. The lowest BCUT2D eigenvalue weighted by Crippen LogP contribution is -2.05. The Labute approximate surface area is 124 Å². The number of hydrogen-bond acceptors (Lipinski definition) is 3. The Hall–Kier alpha value is -2.60. The summed E-state index contributed by atoms with van der Waals surface area (Å²) in [4.78, 5) is 11.9. The highest BCUT2D eigenvalue weighted by molar-refractivity contribution is 5.89. The molecule has 0 atom stereocenters. The second-order valence-corrected chi connectivity index (χ2v) is 5.17. The Morgan fingerprint density at radius 1 is 1.19 bits per heavy atom. The average Bonchev–Trinajstić information content (AvgIpc) is 2.53. The molecule has 0 saturated carbocycles. The summed E-state index contributed by atoms with van der Waals surface area (Å²) in [5.74, 6) is 0.0651. The van der Waals surface area contributed by atoms with Gasteiger partial charge in [-0.15, -0.1) is 0 Å². The number of carbonyl (C=O) groups excluding carboxylic acids is 1. The SMILES string of the molecule is CC(C)c1ccc(COC(=O)c2cccc(C#N)c2)cc1. The Bertz CT molecular complexity index is 666. The van der Waals surface area contributed by atoms with Gasteiger partial charge in [-0.25, -0.2) is 4.79 Å². The van der Waals surface area contributed by atoms with Gasteiger partial charge < -0.3 is 4.74 Å². The number of nitrogens with zero attached hydrogens (tertiary/aromatic N) is 1. The van der Waals surface area contributed by atoms with Gasteiger partial charge in [0.2, 0.25) is 0 Å². The van der Waals surface area contributed by atoms with E-state index in [0.717, 1.165) is 5.56 Å². The van der Waals surface area contributed by atoms with Gasteiger partial charge in [0.25, 0.3) is 0 Å². The number of carbonyl (C=O) groups is 1. The maximum atomic E-state index is 11.9. The van der Waals surface area contributed by atoms with Crippen LogP contribution in [0.3, 0.4) is 0 Å². The summed E-state index contributed by atoms with van der Waals surface area (Å²) >= 11 is 0. The van der Waals surface area contributed by atoms with E-state index in [4.69, 9.17) is 10.00 Å². The number of rotatable bonds is 4. The normalized spacial score (nSPS) is 10.2. The van der Waals surface area contributed by atoms with E-state index in [1.165, 1.54) is 11.6 Å². The zero-order valence-corrected chi connectivity index (χ0v) is 12.2. The molecular weight excluding hydrogens is 262 g/mol. The van der Waals surface area contributed by atoms with Crippen molar-refractivity contribution in [3.05, 3.63) is 70.8 Å². The number of esters is 1. The van der Waals surface area contributed by atoms with Crippen LogP contribution in [0.25, 0.3) is 0 Å². The van der Waals surface area contributed by atoms with E-state index in [1.54, 1.807) is 18.2 Å². The molecule has 3 heteroatoms. The van der Waals surface area contributed by atoms with Crippen LogP contribution in [0, 0.1) is 11.3 Å². The zero-order valence-electron chi connectivity index (χ0n) is 12.2. The summed E-state index contributed by atoms with van der Waals surface area (Å²) < 4.78 is 5.27. The molecule has 106 valence electrons. The third kappa shape index (κ3) is 3.93. The van der Waals surface area contributed by atoms with E-state index < -0.39 is 5.97 Å². The summed E-state index contributed by atoms with van der Waals surface area (Å²) in [5, 5.41) is 8.82.